The number of nitrogens with one attached hydrogen (secondary N) is 1. The Labute approximate surface area is 169 Å². The molecule has 0 radical (unpaired) electrons. The largest absolute Gasteiger partial charge is 0.497 e. The summed E-state index contributed by atoms with van der Waals surface area (Å²) in [5.41, 5.74) is 1.11. The molecule has 0 aliphatic carbocycles. The number of rotatable bonds is 7. The number of carbonyl (C=O) groups is 1. The molecule has 1 aliphatic heterocycles. The minimum Gasteiger partial charge on any atom is -0.497 e. The standard InChI is InChI=1S/C19H22FN3O5S/c1-27-17-9-16(10-18(11-17)28-2)21-19(24)13-23-8-7-22(29(23,25)26)12-14-3-5-15(20)6-4-14/h3-6,9-11H,7-8,12-13H2,1-2H3,(H,21,24). The Balaban J connectivity index is 1.64. The van der Waals surface area contributed by atoms with Gasteiger partial charge in [-0.15, -0.1) is 0 Å². The molecule has 1 N–H and O–H groups in total. The van der Waals surface area contributed by atoms with E-state index in [4.69, 9.17) is 9.47 Å². The third-order valence-corrected chi connectivity index (χ3v) is 6.41. The average molecular weight is 423 g/mol. The molecule has 0 bridgehead atoms. The molecule has 8 nitrogen and oxygen atoms in total. The molecular formula is C19H22FN3O5S. The molecule has 0 spiro atoms. The second kappa shape index (κ2) is 8.76. The Morgan fingerprint density at radius 3 is 2.21 bits per heavy atom. The SMILES string of the molecule is COc1cc(NC(=O)CN2CCN(Cc3ccc(F)cc3)S2(=O)=O)cc(OC)c1. The summed E-state index contributed by atoms with van der Waals surface area (Å²) in [6, 6.07) is 10.5. The van der Waals surface area contributed by atoms with E-state index in [0.29, 0.717) is 22.7 Å². The van der Waals surface area contributed by atoms with Crippen molar-refractivity contribution < 1.29 is 27.1 Å². The minimum absolute atomic E-state index is 0.119. The molecule has 1 saturated heterocycles. The Morgan fingerprint density at radius 2 is 1.62 bits per heavy atom. The summed E-state index contributed by atoms with van der Waals surface area (Å²) in [4.78, 5) is 12.4. The summed E-state index contributed by atoms with van der Waals surface area (Å²) in [6.07, 6.45) is 0. The van der Waals surface area contributed by atoms with Crippen LogP contribution in [0.4, 0.5) is 10.1 Å². The zero-order valence-corrected chi connectivity index (χ0v) is 16.9. The number of methoxy groups -OCH3 is 2. The van der Waals surface area contributed by atoms with Crippen LogP contribution in [-0.4, -0.2) is 56.8 Å². The van der Waals surface area contributed by atoms with E-state index in [1.54, 1.807) is 18.2 Å². The second-order valence-corrected chi connectivity index (χ2v) is 8.38. The Kier molecular flexibility index (Phi) is 6.36. The van der Waals surface area contributed by atoms with Crippen LogP contribution in [0.2, 0.25) is 0 Å². The van der Waals surface area contributed by atoms with Gasteiger partial charge in [-0.1, -0.05) is 12.1 Å². The number of hydrogen-bond donors (Lipinski definition) is 1. The van der Waals surface area contributed by atoms with Crippen molar-refractivity contribution in [3.05, 3.63) is 53.8 Å². The molecule has 29 heavy (non-hydrogen) atoms. The van der Waals surface area contributed by atoms with Crippen molar-refractivity contribution in [3.8, 4) is 11.5 Å². The molecule has 2 aromatic carbocycles. The Morgan fingerprint density at radius 1 is 1.03 bits per heavy atom. The van der Waals surface area contributed by atoms with Crippen molar-refractivity contribution in [2.45, 2.75) is 6.54 Å². The van der Waals surface area contributed by atoms with E-state index in [0.717, 1.165) is 4.31 Å². The van der Waals surface area contributed by atoms with Gasteiger partial charge >= 0.3 is 0 Å². The number of amides is 1. The minimum atomic E-state index is -3.79. The van der Waals surface area contributed by atoms with Gasteiger partial charge in [0.05, 0.1) is 20.8 Å². The highest BCUT2D eigenvalue weighted by Gasteiger charge is 2.37. The lowest BCUT2D eigenvalue weighted by atomic mass is 10.2. The molecule has 0 atom stereocenters. The van der Waals surface area contributed by atoms with Gasteiger partial charge in [0.1, 0.15) is 17.3 Å². The van der Waals surface area contributed by atoms with Crippen LogP contribution >= 0.6 is 0 Å². The first-order chi connectivity index (χ1) is 13.8. The monoisotopic (exact) mass is 423 g/mol. The van der Waals surface area contributed by atoms with Crippen molar-refractivity contribution in [1.82, 2.24) is 8.61 Å². The molecule has 1 fully saturated rings. The number of anilines is 1. The van der Waals surface area contributed by atoms with Crippen LogP contribution in [0.25, 0.3) is 0 Å². The Hall–Kier alpha value is -2.69. The average Bonchev–Trinajstić information content (AvgIpc) is 2.96. The number of carbonyl (C=O) groups excluding carboxylic acids is 1. The predicted molar refractivity (Wildman–Crippen MR) is 105 cm³/mol. The summed E-state index contributed by atoms with van der Waals surface area (Å²) < 4.78 is 51.1. The van der Waals surface area contributed by atoms with Crippen molar-refractivity contribution in [2.24, 2.45) is 0 Å². The van der Waals surface area contributed by atoms with Crippen molar-refractivity contribution in [1.29, 1.82) is 0 Å². The summed E-state index contributed by atoms with van der Waals surface area (Å²) in [7, 11) is -0.801. The summed E-state index contributed by atoms with van der Waals surface area (Å²) >= 11 is 0. The fraction of sp³-hybridized carbons (Fsp3) is 0.316. The van der Waals surface area contributed by atoms with Crippen molar-refractivity contribution >= 4 is 21.8 Å². The third-order valence-electron chi connectivity index (χ3n) is 4.48. The van der Waals surface area contributed by atoms with E-state index < -0.39 is 16.1 Å². The molecule has 1 amide bonds. The van der Waals surface area contributed by atoms with Crippen molar-refractivity contribution in [3.63, 3.8) is 0 Å². The predicted octanol–water partition coefficient (Wildman–Crippen LogP) is 1.84. The molecule has 0 aromatic heterocycles. The third kappa shape index (κ3) is 5.03. The maximum absolute atomic E-state index is 13.0. The number of halogens is 1. The van der Waals surface area contributed by atoms with Gasteiger partial charge in [-0.2, -0.15) is 17.0 Å². The van der Waals surface area contributed by atoms with Crippen LogP contribution in [0.3, 0.4) is 0 Å². The van der Waals surface area contributed by atoms with Gasteiger partial charge in [-0.25, -0.2) is 4.39 Å². The first-order valence-corrected chi connectivity index (χ1v) is 10.2. The molecule has 0 unspecified atom stereocenters. The van der Waals surface area contributed by atoms with Crippen LogP contribution in [0.1, 0.15) is 5.56 Å². The van der Waals surface area contributed by atoms with Gasteiger partial charge in [-0.05, 0) is 17.7 Å². The van der Waals surface area contributed by atoms with Crippen LogP contribution < -0.4 is 14.8 Å². The van der Waals surface area contributed by atoms with Gasteiger partial charge in [0.25, 0.3) is 10.2 Å². The second-order valence-electron chi connectivity index (χ2n) is 6.45. The maximum Gasteiger partial charge on any atom is 0.282 e. The topological polar surface area (TPSA) is 88.2 Å². The Bertz CT molecular complexity index is 960. The highest BCUT2D eigenvalue weighted by atomic mass is 32.2. The fourth-order valence-electron chi connectivity index (χ4n) is 2.97. The number of hydrogen-bond acceptors (Lipinski definition) is 5. The first-order valence-electron chi connectivity index (χ1n) is 8.84. The van der Waals surface area contributed by atoms with Crippen LogP contribution in [0.15, 0.2) is 42.5 Å². The number of benzene rings is 2. The van der Waals surface area contributed by atoms with E-state index in [9.17, 15) is 17.6 Å². The zero-order valence-electron chi connectivity index (χ0n) is 16.1. The summed E-state index contributed by atoms with van der Waals surface area (Å²) in [6.45, 7) is 0.244. The van der Waals surface area contributed by atoms with Gasteiger partial charge in [-0.3, -0.25) is 4.79 Å². The lowest BCUT2D eigenvalue weighted by Gasteiger charge is -2.18. The lowest BCUT2D eigenvalue weighted by molar-refractivity contribution is -0.116. The number of nitrogens with zero attached hydrogens (tertiary/aromatic N) is 2. The smallest absolute Gasteiger partial charge is 0.282 e. The quantitative estimate of drug-likeness (QED) is 0.734. The lowest BCUT2D eigenvalue weighted by Crippen LogP contribution is -2.37. The highest BCUT2D eigenvalue weighted by Crippen LogP contribution is 2.26. The van der Waals surface area contributed by atoms with E-state index in [1.807, 2.05) is 0 Å². The first kappa shape index (κ1) is 21.0. The zero-order chi connectivity index (χ0) is 21.0. The summed E-state index contributed by atoms with van der Waals surface area (Å²) in [5.74, 6) is 0.135. The van der Waals surface area contributed by atoms with E-state index in [-0.39, 0.29) is 32.0 Å². The normalized spacial score (nSPS) is 16.5. The highest BCUT2D eigenvalue weighted by molar-refractivity contribution is 7.87. The van der Waals surface area contributed by atoms with E-state index in [2.05, 4.69) is 5.32 Å². The molecule has 3 rings (SSSR count). The van der Waals surface area contributed by atoms with Gasteiger partial charge < -0.3 is 14.8 Å². The van der Waals surface area contributed by atoms with Gasteiger partial charge in [0.2, 0.25) is 5.91 Å². The molecule has 2 aromatic rings. The fourth-order valence-corrected chi connectivity index (χ4v) is 4.52. The van der Waals surface area contributed by atoms with Crippen LogP contribution in [-0.2, 0) is 21.5 Å². The summed E-state index contributed by atoms with van der Waals surface area (Å²) in [5, 5.41) is 2.66. The molecule has 156 valence electrons. The molecule has 10 heteroatoms. The van der Waals surface area contributed by atoms with Crippen LogP contribution in [0.5, 0.6) is 11.5 Å². The number of ether oxygens (including phenoxy) is 2. The van der Waals surface area contributed by atoms with Crippen molar-refractivity contribution in [2.75, 3.05) is 39.2 Å². The van der Waals surface area contributed by atoms with E-state index >= 15 is 0 Å². The molecular weight excluding hydrogens is 401 g/mol. The van der Waals surface area contributed by atoms with Gasteiger partial charge in [0.15, 0.2) is 0 Å². The maximum atomic E-state index is 13.0. The molecule has 0 saturated carbocycles. The molecule has 1 aliphatic rings. The van der Waals surface area contributed by atoms with Gasteiger partial charge in [0, 0.05) is 43.5 Å². The molecule has 1 heterocycles. The van der Waals surface area contributed by atoms with E-state index in [1.165, 1.54) is 42.8 Å². The van der Waals surface area contributed by atoms with Crippen LogP contribution in [0, 0.1) is 5.82 Å².